The highest BCUT2D eigenvalue weighted by molar-refractivity contribution is 5.95. The molecular formula is C22H18F4N2O4. The van der Waals surface area contributed by atoms with E-state index in [9.17, 15) is 27.2 Å². The first-order chi connectivity index (χ1) is 15.1. The molecule has 10 heteroatoms. The number of aryl methyl sites for hydroxylation is 1. The van der Waals surface area contributed by atoms with Crippen LogP contribution in [0.25, 0.3) is 11.3 Å². The molecule has 0 bridgehead atoms. The van der Waals surface area contributed by atoms with Crippen LogP contribution in [0, 0.1) is 5.82 Å². The van der Waals surface area contributed by atoms with E-state index in [1.165, 1.54) is 49.5 Å². The van der Waals surface area contributed by atoms with Gasteiger partial charge in [-0.2, -0.15) is 13.2 Å². The van der Waals surface area contributed by atoms with E-state index in [2.05, 4.69) is 10.3 Å². The Bertz CT molecular complexity index is 1090. The summed E-state index contributed by atoms with van der Waals surface area (Å²) in [5.41, 5.74) is -0.828. The number of amides is 1. The van der Waals surface area contributed by atoms with E-state index >= 15 is 0 Å². The van der Waals surface area contributed by atoms with Gasteiger partial charge in [-0.25, -0.2) is 9.37 Å². The van der Waals surface area contributed by atoms with E-state index in [4.69, 9.17) is 9.15 Å². The highest BCUT2D eigenvalue weighted by atomic mass is 19.4. The monoisotopic (exact) mass is 450 g/mol. The van der Waals surface area contributed by atoms with Gasteiger partial charge in [0.15, 0.2) is 17.8 Å². The molecule has 1 N–H and O–H groups in total. The standard InChI is InChI=1S/C22H18F4N2O4/c1-13(21(30)28-17-5-3-2-4-16(17)22(24,25)26)31-20(29)11-10-19-27-12-18(32-19)14-6-8-15(23)9-7-14/h2-9,12-13H,10-11H2,1H3,(H,28,30). The molecule has 2 aromatic carbocycles. The highest BCUT2D eigenvalue weighted by Crippen LogP contribution is 2.34. The normalized spacial score (nSPS) is 12.3. The van der Waals surface area contributed by atoms with Gasteiger partial charge in [-0.3, -0.25) is 9.59 Å². The number of para-hydroxylation sites is 1. The Balaban J connectivity index is 1.52. The SMILES string of the molecule is CC(OC(=O)CCc1ncc(-c2ccc(F)cc2)o1)C(=O)Nc1ccccc1C(F)(F)F. The smallest absolute Gasteiger partial charge is 0.418 e. The maximum atomic E-state index is 13.0. The minimum atomic E-state index is -4.65. The second kappa shape index (κ2) is 9.63. The minimum Gasteiger partial charge on any atom is -0.453 e. The molecule has 0 aliphatic rings. The van der Waals surface area contributed by atoms with Gasteiger partial charge in [0.2, 0.25) is 0 Å². The van der Waals surface area contributed by atoms with Crippen molar-refractivity contribution in [3.8, 4) is 11.3 Å². The fraction of sp³-hybridized carbons (Fsp3) is 0.227. The summed E-state index contributed by atoms with van der Waals surface area (Å²) in [6.45, 7) is 1.25. The second-order valence-electron chi connectivity index (χ2n) is 6.79. The molecule has 1 amide bonds. The summed E-state index contributed by atoms with van der Waals surface area (Å²) in [4.78, 5) is 28.2. The summed E-state index contributed by atoms with van der Waals surface area (Å²) >= 11 is 0. The van der Waals surface area contributed by atoms with Crippen LogP contribution in [-0.2, 0) is 26.9 Å². The number of hydrogen-bond acceptors (Lipinski definition) is 5. The predicted octanol–water partition coefficient (Wildman–Crippen LogP) is 5.00. The van der Waals surface area contributed by atoms with Crippen LogP contribution in [0.5, 0.6) is 0 Å². The number of hydrogen-bond donors (Lipinski definition) is 1. The Labute approximate surface area is 180 Å². The number of anilines is 1. The molecule has 3 rings (SSSR count). The van der Waals surface area contributed by atoms with Gasteiger partial charge in [-0.05, 0) is 43.3 Å². The number of oxazole rings is 1. The summed E-state index contributed by atoms with van der Waals surface area (Å²) < 4.78 is 62.6. The fourth-order valence-corrected chi connectivity index (χ4v) is 2.77. The van der Waals surface area contributed by atoms with Gasteiger partial charge in [0.25, 0.3) is 5.91 Å². The molecule has 0 saturated carbocycles. The molecule has 0 radical (unpaired) electrons. The lowest BCUT2D eigenvalue weighted by Crippen LogP contribution is -2.30. The molecule has 0 spiro atoms. The van der Waals surface area contributed by atoms with E-state index in [1.54, 1.807) is 0 Å². The Hall–Kier alpha value is -3.69. The molecule has 168 valence electrons. The largest absolute Gasteiger partial charge is 0.453 e. The van der Waals surface area contributed by atoms with Gasteiger partial charge in [-0.1, -0.05) is 12.1 Å². The van der Waals surface area contributed by atoms with Crippen LogP contribution in [0.1, 0.15) is 24.8 Å². The average Bonchev–Trinajstić information content (AvgIpc) is 3.21. The van der Waals surface area contributed by atoms with Crippen molar-refractivity contribution in [2.24, 2.45) is 0 Å². The number of aromatic nitrogens is 1. The third-order valence-electron chi connectivity index (χ3n) is 4.39. The third-order valence-corrected chi connectivity index (χ3v) is 4.39. The molecule has 0 fully saturated rings. The molecule has 1 unspecified atom stereocenters. The van der Waals surface area contributed by atoms with Gasteiger partial charge < -0.3 is 14.5 Å². The van der Waals surface area contributed by atoms with Crippen LogP contribution < -0.4 is 5.32 Å². The van der Waals surface area contributed by atoms with Crippen molar-refractivity contribution in [2.75, 3.05) is 5.32 Å². The van der Waals surface area contributed by atoms with Gasteiger partial charge in [-0.15, -0.1) is 0 Å². The molecule has 6 nitrogen and oxygen atoms in total. The number of halogens is 4. The fourth-order valence-electron chi connectivity index (χ4n) is 2.77. The van der Waals surface area contributed by atoms with Crippen molar-refractivity contribution >= 4 is 17.6 Å². The summed E-state index contributed by atoms with van der Waals surface area (Å²) in [5.74, 6) is -1.42. The maximum Gasteiger partial charge on any atom is 0.418 e. The molecule has 1 heterocycles. The van der Waals surface area contributed by atoms with Crippen molar-refractivity contribution in [3.63, 3.8) is 0 Å². The van der Waals surface area contributed by atoms with Crippen LogP contribution in [0.2, 0.25) is 0 Å². The highest BCUT2D eigenvalue weighted by Gasteiger charge is 2.34. The Morgan fingerprint density at radius 2 is 1.81 bits per heavy atom. The Morgan fingerprint density at radius 3 is 2.50 bits per heavy atom. The molecule has 0 aliphatic carbocycles. The lowest BCUT2D eigenvalue weighted by Gasteiger charge is -2.16. The first kappa shape index (κ1) is 23.0. The van der Waals surface area contributed by atoms with E-state index in [-0.39, 0.29) is 18.7 Å². The van der Waals surface area contributed by atoms with E-state index in [0.717, 1.165) is 12.1 Å². The number of alkyl halides is 3. The molecule has 32 heavy (non-hydrogen) atoms. The molecule has 0 aliphatic heterocycles. The van der Waals surface area contributed by atoms with Crippen LogP contribution in [0.3, 0.4) is 0 Å². The second-order valence-corrected chi connectivity index (χ2v) is 6.79. The number of carbonyl (C=O) groups excluding carboxylic acids is 2. The number of ether oxygens (including phenoxy) is 1. The number of carbonyl (C=O) groups is 2. The zero-order valence-corrected chi connectivity index (χ0v) is 16.8. The third kappa shape index (κ3) is 5.93. The van der Waals surface area contributed by atoms with E-state index < -0.39 is 41.2 Å². The summed E-state index contributed by atoms with van der Waals surface area (Å²) in [7, 11) is 0. The van der Waals surface area contributed by atoms with Gasteiger partial charge in [0.05, 0.1) is 23.9 Å². The van der Waals surface area contributed by atoms with E-state index in [1.807, 2.05) is 0 Å². The Morgan fingerprint density at radius 1 is 1.12 bits per heavy atom. The molecule has 1 atom stereocenters. The first-order valence-electron chi connectivity index (χ1n) is 9.50. The van der Waals surface area contributed by atoms with Crippen molar-refractivity contribution in [1.82, 2.24) is 4.98 Å². The average molecular weight is 450 g/mol. The van der Waals surface area contributed by atoms with Gasteiger partial charge in [0.1, 0.15) is 5.82 Å². The lowest BCUT2D eigenvalue weighted by atomic mass is 10.1. The van der Waals surface area contributed by atoms with Crippen molar-refractivity contribution in [2.45, 2.75) is 32.0 Å². The van der Waals surface area contributed by atoms with Crippen molar-refractivity contribution in [3.05, 3.63) is 72.0 Å². The molecule has 0 saturated heterocycles. The summed E-state index contributed by atoms with van der Waals surface area (Å²) in [5, 5.41) is 2.13. The van der Waals surface area contributed by atoms with E-state index in [0.29, 0.717) is 11.3 Å². The number of rotatable bonds is 7. The topological polar surface area (TPSA) is 81.4 Å². The Kier molecular flexibility index (Phi) is 6.92. The number of esters is 1. The summed E-state index contributed by atoms with van der Waals surface area (Å²) in [6, 6.07) is 10.1. The number of nitrogens with zero attached hydrogens (tertiary/aromatic N) is 1. The van der Waals surface area contributed by atoms with Gasteiger partial charge in [0, 0.05) is 12.0 Å². The van der Waals surface area contributed by atoms with Crippen molar-refractivity contribution < 1.29 is 36.3 Å². The predicted molar refractivity (Wildman–Crippen MR) is 106 cm³/mol. The lowest BCUT2D eigenvalue weighted by molar-refractivity contribution is -0.153. The van der Waals surface area contributed by atoms with Crippen LogP contribution in [0.4, 0.5) is 23.2 Å². The first-order valence-corrected chi connectivity index (χ1v) is 9.50. The van der Waals surface area contributed by atoms with Gasteiger partial charge >= 0.3 is 12.1 Å². The summed E-state index contributed by atoms with van der Waals surface area (Å²) in [6.07, 6.45) is -4.62. The van der Waals surface area contributed by atoms with Crippen molar-refractivity contribution in [1.29, 1.82) is 0 Å². The van der Waals surface area contributed by atoms with Crippen LogP contribution >= 0.6 is 0 Å². The maximum absolute atomic E-state index is 13.0. The minimum absolute atomic E-state index is 0.0747. The number of nitrogens with one attached hydrogen (secondary N) is 1. The molecular weight excluding hydrogens is 432 g/mol. The molecule has 3 aromatic rings. The van der Waals surface area contributed by atoms with Crippen LogP contribution in [-0.4, -0.2) is 23.0 Å². The number of benzene rings is 2. The quantitative estimate of drug-likeness (QED) is 0.405. The zero-order chi connectivity index (χ0) is 23.3. The zero-order valence-electron chi connectivity index (χ0n) is 16.8. The molecule has 1 aromatic heterocycles. The van der Waals surface area contributed by atoms with Crippen LogP contribution in [0.15, 0.2) is 59.1 Å².